The van der Waals surface area contributed by atoms with Crippen molar-refractivity contribution in [3.63, 3.8) is 0 Å². The van der Waals surface area contributed by atoms with E-state index >= 15 is 0 Å². The number of carbonyl (C=O) groups excluding carboxylic acids is 1. The molecular weight excluding hydrogens is 150 g/mol. The molecule has 1 atom stereocenters. The summed E-state index contributed by atoms with van der Waals surface area (Å²) in [6, 6.07) is 0. The molecule has 0 aliphatic carbocycles. The van der Waals surface area contributed by atoms with Gasteiger partial charge in [0.25, 0.3) is 0 Å². The maximum atomic E-state index is 10.7. The average molecular weight is 169 g/mol. The molecule has 0 spiro atoms. The molecule has 0 aromatic rings. The topological polar surface area (TPSA) is 43.1 Å². The van der Waals surface area contributed by atoms with Crippen molar-refractivity contribution in [2.75, 3.05) is 0 Å². The second-order valence-electron chi connectivity index (χ2n) is 3.82. The van der Waals surface area contributed by atoms with Gasteiger partial charge in [0.2, 0.25) is 5.91 Å². The first kappa shape index (κ1) is 11.2. The fraction of sp³-hybridized carbons (Fsp3) is 0.700. The highest BCUT2D eigenvalue weighted by Gasteiger charge is 2.04. The number of carbonyl (C=O) groups is 1. The highest BCUT2D eigenvalue weighted by Crippen LogP contribution is 2.13. The monoisotopic (exact) mass is 169 g/mol. The van der Waals surface area contributed by atoms with Gasteiger partial charge in [0.1, 0.15) is 0 Å². The minimum atomic E-state index is -0.314. The van der Waals surface area contributed by atoms with Crippen molar-refractivity contribution in [3.05, 3.63) is 11.6 Å². The Morgan fingerprint density at radius 1 is 1.42 bits per heavy atom. The van der Waals surface area contributed by atoms with Crippen LogP contribution < -0.4 is 5.73 Å². The van der Waals surface area contributed by atoms with E-state index in [-0.39, 0.29) is 5.91 Å². The molecule has 0 saturated heterocycles. The van der Waals surface area contributed by atoms with Gasteiger partial charge in [-0.1, -0.05) is 26.8 Å². The lowest BCUT2D eigenvalue weighted by molar-refractivity contribution is -0.114. The lowest BCUT2D eigenvalue weighted by Crippen LogP contribution is -2.12. The molecule has 0 rings (SSSR count). The zero-order valence-corrected chi connectivity index (χ0v) is 8.42. The van der Waals surface area contributed by atoms with E-state index in [1.165, 1.54) is 0 Å². The summed E-state index contributed by atoms with van der Waals surface area (Å²) < 4.78 is 0. The van der Waals surface area contributed by atoms with E-state index in [2.05, 4.69) is 20.8 Å². The van der Waals surface area contributed by atoms with E-state index in [4.69, 9.17) is 5.73 Å². The summed E-state index contributed by atoms with van der Waals surface area (Å²) in [6.07, 6.45) is 3.05. The Bertz CT molecular complexity index is 182. The van der Waals surface area contributed by atoms with Gasteiger partial charge in [-0.05, 0) is 25.2 Å². The van der Waals surface area contributed by atoms with E-state index < -0.39 is 0 Å². The Kier molecular flexibility index (Phi) is 4.64. The number of amides is 1. The molecule has 2 nitrogen and oxygen atoms in total. The zero-order chi connectivity index (χ0) is 9.72. The number of nitrogens with two attached hydrogens (primary N) is 1. The number of hydrogen-bond acceptors (Lipinski definition) is 1. The largest absolute Gasteiger partial charge is 0.366 e. The molecule has 0 aromatic heterocycles. The molecule has 0 aliphatic heterocycles. The van der Waals surface area contributed by atoms with Crippen LogP contribution in [0, 0.1) is 11.8 Å². The van der Waals surface area contributed by atoms with Gasteiger partial charge in [0.05, 0.1) is 0 Å². The summed E-state index contributed by atoms with van der Waals surface area (Å²) >= 11 is 0. The number of rotatable bonds is 4. The van der Waals surface area contributed by atoms with Crippen molar-refractivity contribution in [2.24, 2.45) is 17.6 Å². The Hall–Kier alpha value is -0.790. The summed E-state index contributed by atoms with van der Waals surface area (Å²) in [5.74, 6) is 0.792. The molecule has 0 radical (unpaired) electrons. The molecule has 0 heterocycles. The van der Waals surface area contributed by atoms with Crippen LogP contribution in [0.25, 0.3) is 0 Å². The zero-order valence-electron chi connectivity index (χ0n) is 8.42. The van der Waals surface area contributed by atoms with Crippen LogP contribution in [0.15, 0.2) is 11.6 Å². The van der Waals surface area contributed by atoms with E-state index in [1.807, 2.05) is 6.08 Å². The second kappa shape index (κ2) is 4.96. The second-order valence-corrected chi connectivity index (χ2v) is 3.82. The first-order valence-corrected chi connectivity index (χ1v) is 4.41. The van der Waals surface area contributed by atoms with Crippen molar-refractivity contribution in [1.82, 2.24) is 0 Å². The third kappa shape index (κ3) is 4.94. The molecule has 12 heavy (non-hydrogen) atoms. The maximum absolute atomic E-state index is 10.7. The van der Waals surface area contributed by atoms with Crippen molar-refractivity contribution in [1.29, 1.82) is 0 Å². The third-order valence-electron chi connectivity index (χ3n) is 1.77. The van der Waals surface area contributed by atoms with E-state index in [0.717, 1.165) is 6.42 Å². The van der Waals surface area contributed by atoms with Gasteiger partial charge < -0.3 is 5.73 Å². The van der Waals surface area contributed by atoms with Gasteiger partial charge in [-0.15, -0.1) is 0 Å². The van der Waals surface area contributed by atoms with E-state index in [1.54, 1.807) is 6.92 Å². The number of hydrogen-bond donors (Lipinski definition) is 1. The van der Waals surface area contributed by atoms with Crippen LogP contribution in [0.5, 0.6) is 0 Å². The quantitative estimate of drug-likeness (QED) is 0.643. The van der Waals surface area contributed by atoms with E-state index in [9.17, 15) is 4.79 Å². The first-order chi connectivity index (χ1) is 5.43. The van der Waals surface area contributed by atoms with E-state index in [0.29, 0.717) is 17.4 Å². The van der Waals surface area contributed by atoms with Gasteiger partial charge >= 0.3 is 0 Å². The summed E-state index contributed by atoms with van der Waals surface area (Å²) in [5, 5.41) is 0. The SMILES string of the molecule is C/C(=C/C(C)CC(C)C)C(N)=O. The molecular formula is C10H19NO. The minimum Gasteiger partial charge on any atom is -0.366 e. The average Bonchev–Trinajstić information content (AvgIpc) is 1.84. The van der Waals surface area contributed by atoms with Crippen LogP contribution in [0.3, 0.4) is 0 Å². The summed E-state index contributed by atoms with van der Waals surface area (Å²) in [5.41, 5.74) is 5.78. The Balaban J connectivity index is 4.05. The number of allylic oxidation sites excluding steroid dienone is 1. The third-order valence-corrected chi connectivity index (χ3v) is 1.77. The first-order valence-electron chi connectivity index (χ1n) is 4.41. The predicted octanol–water partition coefficient (Wildman–Crippen LogP) is 2.10. The Morgan fingerprint density at radius 3 is 2.25 bits per heavy atom. The van der Waals surface area contributed by atoms with Crippen LogP contribution >= 0.6 is 0 Å². The van der Waals surface area contributed by atoms with Crippen LogP contribution in [-0.4, -0.2) is 5.91 Å². The molecule has 1 unspecified atom stereocenters. The summed E-state index contributed by atoms with van der Waals surface area (Å²) in [7, 11) is 0. The molecule has 0 fully saturated rings. The van der Waals surface area contributed by atoms with Gasteiger partial charge in [-0.3, -0.25) is 4.79 Å². The normalized spacial score (nSPS) is 14.9. The standard InChI is InChI=1S/C10H19NO/c1-7(2)5-8(3)6-9(4)10(11)12/h6-8H,5H2,1-4H3,(H2,11,12)/b9-6-. The molecule has 70 valence electrons. The van der Waals surface area contributed by atoms with Crippen LogP contribution in [-0.2, 0) is 4.79 Å². The van der Waals surface area contributed by atoms with Gasteiger partial charge in [-0.2, -0.15) is 0 Å². The molecule has 0 aromatic carbocycles. The smallest absolute Gasteiger partial charge is 0.244 e. The van der Waals surface area contributed by atoms with Crippen molar-refractivity contribution in [3.8, 4) is 0 Å². The van der Waals surface area contributed by atoms with Gasteiger partial charge in [0, 0.05) is 5.57 Å². The molecule has 0 bridgehead atoms. The molecule has 1 amide bonds. The molecule has 0 aliphatic rings. The highest BCUT2D eigenvalue weighted by atomic mass is 16.1. The maximum Gasteiger partial charge on any atom is 0.244 e. The summed E-state index contributed by atoms with van der Waals surface area (Å²) in [4.78, 5) is 10.7. The fourth-order valence-corrected chi connectivity index (χ4v) is 1.32. The van der Waals surface area contributed by atoms with Crippen molar-refractivity contribution in [2.45, 2.75) is 34.1 Å². The van der Waals surface area contributed by atoms with Crippen molar-refractivity contribution < 1.29 is 4.79 Å². The lowest BCUT2D eigenvalue weighted by Gasteiger charge is -2.09. The Labute approximate surface area is 74.8 Å². The highest BCUT2D eigenvalue weighted by molar-refractivity contribution is 5.91. The van der Waals surface area contributed by atoms with Crippen molar-refractivity contribution >= 4 is 5.91 Å². The Morgan fingerprint density at radius 2 is 1.92 bits per heavy atom. The molecule has 2 N–H and O–H groups in total. The molecule has 0 saturated carbocycles. The predicted molar refractivity (Wildman–Crippen MR) is 51.6 cm³/mol. The van der Waals surface area contributed by atoms with Crippen LogP contribution in [0.2, 0.25) is 0 Å². The lowest BCUT2D eigenvalue weighted by atomic mass is 9.97. The fourth-order valence-electron chi connectivity index (χ4n) is 1.32. The van der Waals surface area contributed by atoms with Crippen LogP contribution in [0.4, 0.5) is 0 Å². The number of primary amides is 1. The van der Waals surface area contributed by atoms with Gasteiger partial charge in [0.15, 0.2) is 0 Å². The van der Waals surface area contributed by atoms with Gasteiger partial charge in [-0.25, -0.2) is 0 Å². The summed E-state index contributed by atoms with van der Waals surface area (Å²) in [6.45, 7) is 8.21. The minimum absolute atomic E-state index is 0.314. The molecule has 2 heteroatoms. The van der Waals surface area contributed by atoms with Crippen LogP contribution in [0.1, 0.15) is 34.1 Å².